The van der Waals surface area contributed by atoms with Gasteiger partial charge in [0.2, 0.25) is 0 Å². The lowest BCUT2D eigenvalue weighted by Gasteiger charge is -2.15. The summed E-state index contributed by atoms with van der Waals surface area (Å²) in [5, 5.41) is 8.45. The summed E-state index contributed by atoms with van der Waals surface area (Å²) >= 11 is 0. The number of hydrogen-bond acceptors (Lipinski definition) is 4. The first-order valence-corrected chi connectivity index (χ1v) is 4.58. The van der Waals surface area contributed by atoms with Crippen molar-refractivity contribution in [2.24, 2.45) is 0 Å². The highest BCUT2D eigenvalue weighted by Crippen LogP contribution is 2.01. The van der Waals surface area contributed by atoms with E-state index in [2.05, 4.69) is 9.97 Å². The molecule has 0 aromatic carbocycles. The van der Waals surface area contributed by atoms with Gasteiger partial charge in [-0.3, -0.25) is 9.59 Å². The number of aliphatic carboxylic acids is 1. The predicted octanol–water partition coefficient (Wildman–Crippen LogP) is 0.0709. The van der Waals surface area contributed by atoms with Crippen molar-refractivity contribution in [2.75, 3.05) is 18.5 Å². The molecular weight excluding hydrogens is 198 g/mol. The van der Waals surface area contributed by atoms with E-state index in [0.29, 0.717) is 18.8 Å². The maximum Gasteiger partial charge on any atom is 0.303 e. The van der Waals surface area contributed by atoms with Crippen LogP contribution in [0.2, 0.25) is 0 Å². The van der Waals surface area contributed by atoms with Crippen LogP contribution in [0.25, 0.3) is 0 Å². The van der Waals surface area contributed by atoms with Crippen LogP contribution in [0.5, 0.6) is 0 Å². The number of anilines is 1. The van der Waals surface area contributed by atoms with Crippen LogP contribution in [0.15, 0.2) is 17.2 Å². The summed E-state index contributed by atoms with van der Waals surface area (Å²) < 4.78 is 0. The molecule has 1 aromatic rings. The number of nitrogens with one attached hydrogen (secondary N) is 1. The average molecular weight is 211 g/mol. The van der Waals surface area contributed by atoms with Crippen LogP contribution in [0, 0.1) is 0 Å². The highest BCUT2D eigenvalue weighted by Gasteiger charge is 2.06. The lowest BCUT2D eigenvalue weighted by atomic mass is 10.3. The second-order valence-corrected chi connectivity index (χ2v) is 3.16. The van der Waals surface area contributed by atoms with E-state index in [-0.39, 0.29) is 12.0 Å². The van der Waals surface area contributed by atoms with E-state index in [0.717, 1.165) is 0 Å². The second kappa shape index (κ2) is 5.14. The van der Waals surface area contributed by atoms with Gasteiger partial charge in [0.25, 0.3) is 5.56 Å². The van der Waals surface area contributed by atoms with Crippen molar-refractivity contribution in [3.05, 3.63) is 22.7 Å². The molecule has 1 aromatic heterocycles. The molecule has 0 amide bonds. The zero-order valence-electron chi connectivity index (χ0n) is 8.43. The third kappa shape index (κ3) is 3.41. The summed E-state index contributed by atoms with van der Waals surface area (Å²) in [6.45, 7) is 0.492. The molecule has 0 aliphatic heterocycles. The zero-order chi connectivity index (χ0) is 11.3. The van der Waals surface area contributed by atoms with E-state index >= 15 is 0 Å². The van der Waals surface area contributed by atoms with Gasteiger partial charge in [-0.25, -0.2) is 4.98 Å². The fraction of sp³-hybridized carbons (Fsp3) is 0.444. The van der Waals surface area contributed by atoms with Crippen molar-refractivity contribution >= 4 is 11.8 Å². The number of aromatic amines is 1. The Balaban J connectivity index is 2.54. The largest absolute Gasteiger partial charge is 0.481 e. The molecule has 0 saturated carbocycles. The first-order chi connectivity index (χ1) is 7.11. The van der Waals surface area contributed by atoms with E-state index in [9.17, 15) is 9.59 Å². The number of H-pyrrole nitrogens is 1. The first kappa shape index (κ1) is 11.2. The van der Waals surface area contributed by atoms with E-state index in [4.69, 9.17) is 5.11 Å². The van der Waals surface area contributed by atoms with Crippen molar-refractivity contribution in [1.82, 2.24) is 9.97 Å². The van der Waals surface area contributed by atoms with Crippen LogP contribution < -0.4 is 10.5 Å². The minimum Gasteiger partial charge on any atom is -0.481 e. The molecule has 6 heteroatoms. The smallest absolute Gasteiger partial charge is 0.303 e. The van der Waals surface area contributed by atoms with Gasteiger partial charge in [-0.05, 0) is 6.42 Å². The third-order valence-corrected chi connectivity index (χ3v) is 1.93. The Labute approximate surface area is 86.6 Å². The number of hydrogen-bond donors (Lipinski definition) is 2. The van der Waals surface area contributed by atoms with Gasteiger partial charge in [0.1, 0.15) is 0 Å². The van der Waals surface area contributed by atoms with Gasteiger partial charge in [-0.1, -0.05) is 0 Å². The Bertz CT molecular complexity index is 388. The Morgan fingerprint density at radius 1 is 1.67 bits per heavy atom. The molecule has 6 nitrogen and oxygen atoms in total. The number of carboxylic acid groups (broad SMARTS) is 1. The fourth-order valence-corrected chi connectivity index (χ4v) is 1.19. The molecule has 15 heavy (non-hydrogen) atoms. The average Bonchev–Trinajstić information content (AvgIpc) is 2.17. The van der Waals surface area contributed by atoms with Gasteiger partial charge >= 0.3 is 5.97 Å². The molecule has 0 spiro atoms. The molecule has 0 aliphatic carbocycles. The monoisotopic (exact) mass is 211 g/mol. The minimum atomic E-state index is -0.835. The third-order valence-electron chi connectivity index (χ3n) is 1.93. The van der Waals surface area contributed by atoms with E-state index in [1.807, 2.05) is 0 Å². The second-order valence-electron chi connectivity index (χ2n) is 3.16. The highest BCUT2D eigenvalue weighted by atomic mass is 16.4. The summed E-state index contributed by atoms with van der Waals surface area (Å²) in [6.07, 6.45) is 3.53. The van der Waals surface area contributed by atoms with Crippen LogP contribution in [0.1, 0.15) is 12.8 Å². The van der Waals surface area contributed by atoms with Crippen LogP contribution in [0.3, 0.4) is 0 Å². The molecular formula is C9H13N3O3. The molecule has 0 saturated heterocycles. The van der Waals surface area contributed by atoms with Crippen LogP contribution >= 0.6 is 0 Å². The van der Waals surface area contributed by atoms with Crippen molar-refractivity contribution in [3.8, 4) is 0 Å². The summed E-state index contributed by atoms with van der Waals surface area (Å²) in [7, 11) is 1.71. The van der Waals surface area contributed by atoms with Crippen LogP contribution in [-0.4, -0.2) is 34.6 Å². The Kier molecular flexibility index (Phi) is 3.84. The van der Waals surface area contributed by atoms with Gasteiger partial charge in [-0.2, -0.15) is 0 Å². The van der Waals surface area contributed by atoms with Crippen molar-refractivity contribution in [2.45, 2.75) is 12.8 Å². The molecule has 0 fully saturated rings. The fourth-order valence-electron chi connectivity index (χ4n) is 1.19. The topological polar surface area (TPSA) is 86.3 Å². The maximum absolute atomic E-state index is 11.3. The summed E-state index contributed by atoms with van der Waals surface area (Å²) in [4.78, 5) is 29.6. The summed E-state index contributed by atoms with van der Waals surface area (Å²) in [5.41, 5.74) is -0.268. The normalized spacial score (nSPS) is 9.93. The maximum atomic E-state index is 11.3. The number of carbonyl (C=O) groups is 1. The lowest BCUT2D eigenvalue weighted by molar-refractivity contribution is -0.137. The number of nitrogens with zero attached hydrogens (tertiary/aromatic N) is 2. The highest BCUT2D eigenvalue weighted by molar-refractivity contribution is 5.66. The van der Waals surface area contributed by atoms with Crippen LogP contribution in [-0.2, 0) is 4.79 Å². The molecule has 0 bridgehead atoms. The van der Waals surface area contributed by atoms with Gasteiger partial charge < -0.3 is 15.0 Å². The van der Waals surface area contributed by atoms with Gasteiger partial charge in [0, 0.05) is 32.4 Å². The number of carboxylic acids is 1. The minimum absolute atomic E-state index is 0.0923. The molecule has 2 N–H and O–H groups in total. The number of aromatic nitrogens is 2. The molecule has 0 atom stereocenters. The zero-order valence-corrected chi connectivity index (χ0v) is 8.43. The molecule has 0 unspecified atom stereocenters. The van der Waals surface area contributed by atoms with E-state index < -0.39 is 5.97 Å². The van der Waals surface area contributed by atoms with Crippen molar-refractivity contribution < 1.29 is 9.90 Å². The summed E-state index contributed by atoms with van der Waals surface area (Å²) in [6, 6.07) is 0. The quantitative estimate of drug-likeness (QED) is 0.719. The van der Waals surface area contributed by atoms with Gasteiger partial charge in [-0.15, -0.1) is 0 Å². The van der Waals surface area contributed by atoms with Crippen LogP contribution in [0.4, 0.5) is 5.82 Å². The van der Waals surface area contributed by atoms with Gasteiger partial charge in [0.15, 0.2) is 5.82 Å². The Hall–Kier alpha value is -1.85. The van der Waals surface area contributed by atoms with Crippen molar-refractivity contribution in [1.29, 1.82) is 0 Å². The standard InChI is InChI=1S/C9H13N3O3/c1-12(6-2-3-7(13)14)8-9(15)11-5-4-10-8/h4-5H,2-3,6H2,1H3,(H,11,15)(H,13,14). The molecule has 0 aliphatic rings. The predicted molar refractivity (Wildman–Crippen MR) is 55.0 cm³/mol. The molecule has 0 radical (unpaired) electrons. The van der Waals surface area contributed by atoms with Gasteiger partial charge in [0.05, 0.1) is 0 Å². The number of rotatable bonds is 5. The first-order valence-electron chi connectivity index (χ1n) is 4.58. The van der Waals surface area contributed by atoms with Crippen molar-refractivity contribution in [3.63, 3.8) is 0 Å². The Morgan fingerprint density at radius 2 is 2.40 bits per heavy atom. The summed E-state index contributed by atoms with van der Waals surface area (Å²) in [5.74, 6) is -0.527. The molecule has 1 rings (SSSR count). The van der Waals surface area contributed by atoms with E-state index in [1.54, 1.807) is 11.9 Å². The Morgan fingerprint density at radius 3 is 3.00 bits per heavy atom. The SMILES string of the molecule is CN(CCCC(=O)O)c1ncc[nH]c1=O. The molecule has 1 heterocycles. The van der Waals surface area contributed by atoms with E-state index in [1.165, 1.54) is 12.4 Å². The lowest BCUT2D eigenvalue weighted by Crippen LogP contribution is -2.27. The molecule has 82 valence electrons.